The molecule has 0 saturated carbocycles. The molecule has 0 spiro atoms. The average Bonchev–Trinajstić information content (AvgIpc) is 2.59. The molecule has 20 heavy (non-hydrogen) atoms. The van der Waals surface area contributed by atoms with Crippen molar-refractivity contribution in [2.24, 2.45) is 5.41 Å². The summed E-state index contributed by atoms with van der Waals surface area (Å²) < 4.78 is 13.2. The SMILES string of the molecule is CC(C)(C)C1CN(Cc2ccc(F)c(Cl)c2)CCCN1. The Morgan fingerprint density at radius 2 is 2.15 bits per heavy atom. The van der Waals surface area contributed by atoms with E-state index >= 15 is 0 Å². The van der Waals surface area contributed by atoms with Crippen LogP contribution in [-0.4, -0.2) is 30.6 Å². The second-order valence-electron chi connectivity index (χ2n) is 6.71. The maximum absolute atomic E-state index is 13.2. The predicted octanol–water partition coefficient (Wildman–Crippen LogP) is 3.69. The summed E-state index contributed by atoms with van der Waals surface area (Å²) in [6, 6.07) is 5.49. The van der Waals surface area contributed by atoms with E-state index in [-0.39, 0.29) is 16.3 Å². The summed E-state index contributed by atoms with van der Waals surface area (Å²) in [5, 5.41) is 3.84. The summed E-state index contributed by atoms with van der Waals surface area (Å²) in [6.07, 6.45) is 1.14. The molecule has 1 aliphatic rings. The molecule has 0 radical (unpaired) electrons. The molecular formula is C16H24ClFN2. The lowest BCUT2D eigenvalue weighted by Crippen LogP contribution is -2.46. The van der Waals surface area contributed by atoms with Gasteiger partial charge < -0.3 is 5.32 Å². The van der Waals surface area contributed by atoms with Gasteiger partial charge in [0.25, 0.3) is 0 Å². The van der Waals surface area contributed by atoms with Gasteiger partial charge in [0.2, 0.25) is 0 Å². The van der Waals surface area contributed by atoms with Crippen LogP contribution in [0.2, 0.25) is 5.02 Å². The molecule has 0 bridgehead atoms. The summed E-state index contributed by atoms with van der Waals surface area (Å²) in [5.41, 5.74) is 1.31. The van der Waals surface area contributed by atoms with E-state index in [0.29, 0.717) is 6.04 Å². The van der Waals surface area contributed by atoms with Crippen molar-refractivity contribution in [1.82, 2.24) is 10.2 Å². The Balaban J connectivity index is 2.05. The van der Waals surface area contributed by atoms with Gasteiger partial charge in [-0.2, -0.15) is 0 Å². The molecule has 1 atom stereocenters. The molecule has 2 rings (SSSR count). The third-order valence-corrected chi connectivity index (χ3v) is 4.21. The van der Waals surface area contributed by atoms with Gasteiger partial charge in [-0.25, -0.2) is 4.39 Å². The second kappa shape index (κ2) is 6.42. The highest BCUT2D eigenvalue weighted by atomic mass is 35.5. The van der Waals surface area contributed by atoms with Gasteiger partial charge in [0.15, 0.2) is 0 Å². The lowest BCUT2D eigenvalue weighted by molar-refractivity contribution is 0.192. The number of nitrogens with zero attached hydrogens (tertiary/aromatic N) is 1. The zero-order valence-electron chi connectivity index (χ0n) is 12.5. The van der Waals surface area contributed by atoms with Gasteiger partial charge in [0.05, 0.1) is 5.02 Å². The highest BCUT2D eigenvalue weighted by Gasteiger charge is 2.27. The smallest absolute Gasteiger partial charge is 0.141 e. The highest BCUT2D eigenvalue weighted by molar-refractivity contribution is 6.30. The van der Waals surface area contributed by atoms with E-state index in [1.807, 2.05) is 6.07 Å². The summed E-state index contributed by atoms with van der Waals surface area (Å²) in [4.78, 5) is 2.43. The first kappa shape index (κ1) is 15.7. The maximum Gasteiger partial charge on any atom is 0.141 e. The Morgan fingerprint density at radius 3 is 2.80 bits per heavy atom. The molecule has 112 valence electrons. The van der Waals surface area contributed by atoms with E-state index in [2.05, 4.69) is 31.0 Å². The number of nitrogens with one attached hydrogen (secondary N) is 1. The number of rotatable bonds is 2. The van der Waals surface area contributed by atoms with Crippen molar-refractivity contribution in [2.75, 3.05) is 19.6 Å². The van der Waals surface area contributed by atoms with Crippen molar-refractivity contribution in [3.8, 4) is 0 Å². The Hall–Kier alpha value is -0.640. The van der Waals surface area contributed by atoms with E-state index in [1.165, 1.54) is 6.07 Å². The molecule has 1 heterocycles. The van der Waals surface area contributed by atoms with Crippen LogP contribution in [0.1, 0.15) is 32.8 Å². The molecule has 4 heteroatoms. The number of hydrogen-bond acceptors (Lipinski definition) is 2. The van der Waals surface area contributed by atoms with E-state index < -0.39 is 0 Å². The fourth-order valence-electron chi connectivity index (χ4n) is 2.61. The Morgan fingerprint density at radius 1 is 1.40 bits per heavy atom. The number of halogens is 2. The van der Waals surface area contributed by atoms with Gasteiger partial charge in [0.1, 0.15) is 5.82 Å². The minimum absolute atomic E-state index is 0.211. The normalized spacial score (nSPS) is 21.8. The molecule has 0 aromatic heterocycles. The summed E-state index contributed by atoms with van der Waals surface area (Å²) >= 11 is 5.86. The minimum Gasteiger partial charge on any atom is -0.312 e. The lowest BCUT2D eigenvalue weighted by Gasteiger charge is -2.33. The van der Waals surface area contributed by atoms with E-state index in [1.54, 1.807) is 6.07 Å². The van der Waals surface area contributed by atoms with E-state index in [4.69, 9.17) is 11.6 Å². The molecule has 1 unspecified atom stereocenters. The molecule has 1 aromatic carbocycles. The van der Waals surface area contributed by atoms with Crippen LogP contribution in [0.5, 0.6) is 0 Å². The van der Waals surface area contributed by atoms with Crippen LogP contribution in [0.4, 0.5) is 4.39 Å². The first-order valence-electron chi connectivity index (χ1n) is 7.26. The monoisotopic (exact) mass is 298 g/mol. The molecule has 1 fully saturated rings. The average molecular weight is 299 g/mol. The fraction of sp³-hybridized carbons (Fsp3) is 0.625. The molecule has 0 aliphatic carbocycles. The van der Waals surface area contributed by atoms with Gasteiger partial charge in [-0.3, -0.25) is 4.90 Å². The highest BCUT2D eigenvalue weighted by Crippen LogP contribution is 2.23. The van der Waals surface area contributed by atoms with Gasteiger partial charge in [-0.05, 0) is 42.6 Å². The van der Waals surface area contributed by atoms with Gasteiger partial charge >= 0.3 is 0 Å². The second-order valence-corrected chi connectivity index (χ2v) is 7.12. The first-order chi connectivity index (χ1) is 9.36. The van der Waals surface area contributed by atoms with Crippen molar-refractivity contribution in [3.05, 3.63) is 34.6 Å². The summed E-state index contributed by atoms with van der Waals surface area (Å²) in [7, 11) is 0. The topological polar surface area (TPSA) is 15.3 Å². The van der Waals surface area contributed by atoms with Crippen LogP contribution in [0.25, 0.3) is 0 Å². The van der Waals surface area contributed by atoms with Gasteiger partial charge in [-0.15, -0.1) is 0 Å². The van der Waals surface area contributed by atoms with Crippen LogP contribution in [0.15, 0.2) is 18.2 Å². The van der Waals surface area contributed by atoms with Crippen molar-refractivity contribution < 1.29 is 4.39 Å². The lowest BCUT2D eigenvalue weighted by atomic mass is 9.86. The van der Waals surface area contributed by atoms with Crippen molar-refractivity contribution in [1.29, 1.82) is 0 Å². The third-order valence-electron chi connectivity index (χ3n) is 3.92. The molecular weight excluding hydrogens is 275 g/mol. The van der Waals surface area contributed by atoms with Crippen molar-refractivity contribution >= 4 is 11.6 Å². The van der Waals surface area contributed by atoms with Gasteiger partial charge in [0, 0.05) is 19.1 Å². The van der Waals surface area contributed by atoms with E-state index in [0.717, 1.165) is 38.2 Å². The summed E-state index contributed by atoms with van der Waals surface area (Å²) in [5.74, 6) is -0.347. The Kier molecular flexibility index (Phi) is 5.05. The molecule has 2 nitrogen and oxygen atoms in total. The quantitative estimate of drug-likeness (QED) is 0.896. The molecule has 1 aromatic rings. The molecule has 1 saturated heterocycles. The Labute approximate surface area is 126 Å². The van der Waals surface area contributed by atoms with Crippen LogP contribution in [0, 0.1) is 11.2 Å². The van der Waals surface area contributed by atoms with Crippen molar-refractivity contribution in [3.63, 3.8) is 0 Å². The standard InChI is InChI=1S/C16H24ClFN2/c1-16(2,3)15-11-20(8-4-7-19-15)10-12-5-6-14(18)13(17)9-12/h5-6,9,15,19H,4,7-8,10-11H2,1-3H3. The largest absolute Gasteiger partial charge is 0.312 e. The van der Waals surface area contributed by atoms with Gasteiger partial charge in [-0.1, -0.05) is 38.4 Å². The van der Waals surface area contributed by atoms with Crippen molar-refractivity contribution in [2.45, 2.75) is 39.8 Å². The van der Waals surface area contributed by atoms with Crippen LogP contribution >= 0.6 is 11.6 Å². The van der Waals surface area contributed by atoms with Crippen LogP contribution in [0.3, 0.4) is 0 Å². The molecule has 0 amide bonds. The van der Waals surface area contributed by atoms with E-state index in [9.17, 15) is 4.39 Å². The number of hydrogen-bond donors (Lipinski definition) is 1. The zero-order valence-corrected chi connectivity index (χ0v) is 13.3. The molecule has 1 N–H and O–H groups in total. The Bertz CT molecular complexity index is 456. The third kappa shape index (κ3) is 4.18. The first-order valence-corrected chi connectivity index (χ1v) is 7.64. The minimum atomic E-state index is -0.347. The van der Waals surface area contributed by atoms with Crippen LogP contribution < -0.4 is 5.32 Å². The fourth-order valence-corrected chi connectivity index (χ4v) is 2.82. The maximum atomic E-state index is 13.2. The molecule has 1 aliphatic heterocycles. The van der Waals surface area contributed by atoms with Crippen LogP contribution in [-0.2, 0) is 6.54 Å². The number of benzene rings is 1. The summed E-state index contributed by atoms with van der Waals surface area (Å²) in [6.45, 7) is 10.8. The predicted molar refractivity (Wildman–Crippen MR) is 82.5 cm³/mol. The zero-order chi connectivity index (χ0) is 14.8.